The molecule has 1 unspecified atom stereocenters. The first-order valence-electron chi connectivity index (χ1n) is 7.19. The predicted molar refractivity (Wildman–Crippen MR) is 89.1 cm³/mol. The minimum absolute atomic E-state index is 0.130. The summed E-state index contributed by atoms with van der Waals surface area (Å²) in [6.45, 7) is 6.71. The molecule has 1 aromatic rings. The highest BCUT2D eigenvalue weighted by atomic mass is 32.1. The molecule has 3 N–H and O–H groups in total. The van der Waals surface area contributed by atoms with Gasteiger partial charge >= 0.3 is 0 Å². The number of nitrogens with zero attached hydrogens (tertiary/aromatic N) is 1. The first kappa shape index (κ1) is 15.9. The Hall–Kier alpha value is -1.46. The predicted octanol–water partition coefficient (Wildman–Crippen LogP) is 1.59. The number of carbonyl (C=O) groups excluding carboxylic acids is 1. The van der Waals surface area contributed by atoms with Crippen molar-refractivity contribution in [3.63, 3.8) is 0 Å². The van der Waals surface area contributed by atoms with Gasteiger partial charge in [0.15, 0.2) is 0 Å². The van der Waals surface area contributed by atoms with E-state index in [4.69, 9.17) is 18.0 Å². The van der Waals surface area contributed by atoms with Gasteiger partial charge in [-0.15, -0.1) is 0 Å². The van der Waals surface area contributed by atoms with Crippen molar-refractivity contribution in [2.75, 3.05) is 20.1 Å². The van der Waals surface area contributed by atoms with Gasteiger partial charge in [-0.05, 0) is 44.0 Å². The lowest BCUT2D eigenvalue weighted by Crippen LogP contribution is -2.39. The largest absolute Gasteiger partial charge is 0.389 e. The van der Waals surface area contributed by atoms with Crippen LogP contribution in [0.25, 0.3) is 0 Å². The molecule has 0 bridgehead atoms. The highest BCUT2D eigenvalue weighted by molar-refractivity contribution is 7.80. The number of thiocarbonyl (C=S) groups is 1. The Balaban J connectivity index is 2.07. The topological polar surface area (TPSA) is 58.4 Å². The Kier molecular flexibility index (Phi) is 4.64. The minimum Gasteiger partial charge on any atom is -0.389 e. The van der Waals surface area contributed by atoms with Crippen LogP contribution >= 0.6 is 12.2 Å². The van der Waals surface area contributed by atoms with Crippen LogP contribution in [0.1, 0.15) is 30.0 Å². The second-order valence-corrected chi connectivity index (χ2v) is 6.55. The molecule has 1 amide bonds. The monoisotopic (exact) mass is 305 g/mol. The van der Waals surface area contributed by atoms with E-state index in [1.54, 1.807) is 7.05 Å². The van der Waals surface area contributed by atoms with Gasteiger partial charge in [-0.2, -0.15) is 0 Å². The van der Waals surface area contributed by atoms with Gasteiger partial charge in [-0.25, -0.2) is 0 Å². The van der Waals surface area contributed by atoms with Crippen molar-refractivity contribution >= 4 is 23.1 Å². The quantitative estimate of drug-likeness (QED) is 0.830. The van der Waals surface area contributed by atoms with E-state index in [1.807, 2.05) is 19.1 Å². The van der Waals surface area contributed by atoms with E-state index in [2.05, 4.69) is 23.2 Å². The van der Waals surface area contributed by atoms with Crippen LogP contribution in [0.2, 0.25) is 0 Å². The molecule has 0 saturated carbocycles. The summed E-state index contributed by atoms with van der Waals surface area (Å²) in [5.41, 5.74) is 8.74. The van der Waals surface area contributed by atoms with Crippen LogP contribution in [0.15, 0.2) is 18.2 Å². The summed E-state index contributed by atoms with van der Waals surface area (Å²) in [5.74, 6) is 0.130. The Bertz CT molecular complexity index is 573. The minimum atomic E-state index is -0.276. The molecule has 1 aromatic carbocycles. The molecule has 1 saturated heterocycles. The van der Waals surface area contributed by atoms with Crippen LogP contribution in [0.4, 0.5) is 0 Å². The zero-order valence-corrected chi connectivity index (χ0v) is 13.7. The normalized spacial score (nSPS) is 22.2. The maximum Gasteiger partial charge on any atom is 0.227 e. The van der Waals surface area contributed by atoms with E-state index >= 15 is 0 Å². The van der Waals surface area contributed by atoms with Crippen LogP contribution in [0.5, 0.6) is 0 Å². The Morgan fingerprint density at radius 3 is 2.81 bits per heavy atom. The van der Waals surface area contributed by atoms with Gasteiger partial charge in [0, 0.05) is 25.7 Å². The Labute approximate surface area is 131 Å². The third kappa shape index (κ3) is 3.41. The molecule has 21 heavy (non-hydrogen) atoms. The summed E-state index contributed by atoms with van der Waals surface area (Å²) in [5, 5.41) is 2.77. The van der Waals surface area contributed by atoms with Crippen molar-refractivity contribution in [3.05, 3.63) is 34.9 Å². The molecule has 1 heterocycles. The van der Waals surface area contributed by atoms with Crippen molar-refractivity contribution in [2.24, 2.45) is 11.1 Å². The summed E-state index contributed by atoms with van der Waals surface area (Å²) in [4.78, 5) is 14.7. The number of amides is 1. The van der Waals surface area contributed by atoms with Crippen molar-refractivity contribution in [2.45, 2.75) is 26.8 Å². The van der Waals surface area contributed by atoms with E-state index < -0.39 is 0 Å². The average molecular weight is 305 g/mol. The number of nitrogens with two attached hydrogens (primary N) is 1. The van der Waals surface area contributed by atoms with Gasteiger partial charge in [0.05, 0.1) is 5.41 Å². The molecule has 1 fully saturated rings. The molecule has 2 rings (SSSR count). The molecule has 5 heteroatoms. The zero-order valence-electron chi connectivity index (χ0n) is 12.9. The van der Waals surface area contributed by atoms with Crippen molar-refractivity contribution in [1.82, 2.24) is 10.2 Å². The van der Waals surface area contributed by atoms with Gasteiger partial charge in [0.2, 0.25) is 5.91 Å². The molecule has 1 atom stereocenters. The summed E-state index contributed by atoms with van der Waals surface area (Å²) < 4.78 is 0. The summed E-state index contributed by atoms with van der Waals surface area (Å²) in [7, 11) is 1.70. The molecular formula is C16H23N3OS. The van der Waals surface area contributed by atoms with Crippen molar-refractivity contribution in [3.8, 4) is 0 Å². The fraction of sp³-hybridized carbons (Fsp3) is 0.500. The van der Waals surface area contributed by atoms with Gasteiger partial charge in [0.25, 0.3) is 0 Å². The fourth-order valence-electron chi connectivity index (χ4n) is 2.95. The number of benzene rings is 1. The van der Waals surface area contributed by atoms with Crippen LogP contribution in [-0.4, -0.2) is 35.9 Å². The molecule has 4 nitrogen and oxygen atoms in total. The number of carbonyl (C=O) groups is 1. The second kappa shape index (κ2) is 6.12. The van der Waals surface area contributed by atoms with Crippen LogP contribution < -0.4 is 11.1 Å². The molecular weight excluding hydrogens is 282 g/mol. The smallest absolute Gasteiger partial charge is 0.227 e. The van der Waals surface area contributed by atoms with Crippen molar-refractivity contribution in [1.29, 1.82) is 0 Å². The molecule has 0 aromatic heterocycles. The summed E-state index contributed by atoms with van der Waals surface area (Å²) in [6.07, 6.45) is 0.899. The number of aryl methyl sites for hydroxylation is 1. The zero-order chi connectivity index (χ0) is 15.6. The fourth-order valence-corrected chi connectivity index (χ4v) is 3.07. The highest BCUT2D eigenvalue weighted by Crippen LogP contribution is 2.31. The molecule has 114 valence electrons. The lowest BCUT2D eigenvalue weighted by atomic mass is 9.89. The number of hydrogen-bond donors (Lipinski definition) is 2. The first-order chi connectivity index (χ1) is 9.85. The third-order valence-electron chi connectivity index (χ3n) is 4.35. The lowest BCUT2D eigenvalue weighted by Gasteiger charge is -2.23. The van der Waals surface area contributed by atoms with Crippen molar-refractivity contribution < 1.29 is 4.79 Å². The van der Waals surface area contributed by atoms with E-state index in [0.717, 1.165) is 31.6 Å². The maximum absolute atomic E-state index is 12.0. The van der Waals surface area contributed by atoms with E-state index in [9.17, 15) is 4.79 Å². The SMILES string of the molecule is CNC(=O)C1(C)CCN(Cc2ccc(C(N)=S)cc2C)C1. The van der Waals surface area contributed by atoms with Crippen LogP contribution in [-0.2, 0) is 11.3 Å². The average Bonchev–Trinajstić information content (AvgIpc) is 2.82. The third-order valence-corrected chi connectivity index (χ3v) is 4.58. The number of hydrogen-bond acceptors (Lipinski definition) is 3. The number of nitrogens with one attached hydrogen (secondary N) is 1. The van der Waals surface area contributed by atoms with Gasteiger partial charge in [-0.3, -0.25) is 9.69 Å². The van der Waals surface area contributed by atoms with Crippen LogP contribution in [0, 0.1) is 12.3 Å². The Morgan fingerprint density at radius 2 is 2.24 bits per heavy atom. The first-order valence-corrected chi connectivity index (χ1v) is 7.60. The highest BCUT2D eigenvalue weighted by Gasteiger charge is 2.39. The van der Waals surface area contributed by atoms with Gasteiger partial charge in [0.1, 0.15) is 4.99 Å². The number of likely N-dealkylation sites (tertiary alicyclic amines) is 1. The van der Waals surface area contributed by atoms with Gasteiger partial charge in [-0.1, -0.05) is 24.4 Å². The maximum atomic E-state index is 12.0. The van der Waals surface area contributed by atoms with E-state index in [0.29, 0.717) is 4.99 Å². The standard InChI is InChI=1S/C16H23N3OS/c1-11-8-12(14(17)21)4-5-13(11)9-19-7-6-16(2,10-19)15(20)18-3/h4-5,8H,6-7,9-10H2,1-3H3,(H2,17,21)(H,18,20). The lowest BCUT2D eigenvalue weighted by molar-refractivity contribution is -0.129. The number of rotatable bonds is 4. The van der Waals surface area contributed by atoms with E-state index in [-0.39, 0.29) is 11.3 Å². The van der Waals surface area contributed by atoms with Gasteiger partial charge < -0.3 is 11.1 Å². The Morgan fingerprint density at radius 1 is 1.52 bits per heavy atom. The van der Waals surface area contributed by atoms with E-state index in [1.165, 1.54) is 11.1 Å². The summed E-state index contributed by atoms with van der Waals surface area (Å²) >= 11 is 5.00. The van der Waals surface area contributed by atoms with Crippen LogP contribution in [0.3, 0.4) is 0 Å². The second-order valence-electron chi connectivity index (χ2n) is 6.11. The molecule has 0 spiro atoms. The molecule has 1 aliphatic rings. The molecule has 0 radical (unpaired) electrons. The molecule has 1 aliphatic heterocycles. The summed E-state index contributed by atoms with van der Waals surface area (Å²) in [6, 6.07) is 6.09. The molecule has 0 aliphatic carbocycles.